The van der Waals surface area contributed by atoms with E-state index in [1.165, 1.54) is 0 Å². The van der Waals surface area contributed by atoms with Gasteiger partial charge in [0.1, 0.15) is 5.75 Å². The number of nitrogen functional groups attached to an aromatic ring is 1. The Bertz CT molecular complexity index is 506. The van der Waals surface area contributed by atoms with E-state index < -0.39 is 0 Å². The van der Waals surface area contributed by atoms with Crippen molar-refractivity contribution in [2.24, 2.45) is 0 Å². The minimum absolute atomic E-state index is 0.781. The topological polar surface area (TPSA) is 47.3 Å². The van der Waals surface area contributed by atoms with E-state index in [0.29, 0.717) is 0 Å². The summed E-state index contributed by atoms with van der Waals surface area (Å²) in [6.45, 7) is 1.99. The van der Waals surface area contributed by atoms with Crippen molar-refractivity contribution in [3.63, 3.8) is 0 Å². The number of hydrogen-bond acceptors (Lipinski definition) is 3. The molecule has 0 heterocycles. The average Bonchev–Trinajstić information content (AvgIpc) is 2.36. The fourth-order valence-corrected chi connectivity index (χ4v) is 1.62. The summed E-state index contributed by atoms with van der Waals surface area (Å²) in [6.07, 6.45) is 0. The van der Waals surface area contributed by atoms with Crippen molar-refractivity contribution in [1.82, 2.24) is 0 Å². The van der Waals surface area contributed by atoms with Crippen molar-refractivity contribution in [2.75, 3.05) is 18.2 Å². The van der Waals surface area contributed by atoms with Crippen LogP contribution in [-0.2, 0) is 0 Å². The van der Waals surface area contributed by atoms with Gasteiger partial charge in [0.25, 0.3) is 0 Å². The van der Waals surface area contributed by atoms with Gasteiger partial charge in [-0.1, -0.05) is 12.1 Å². The molecule has 0 bridgehead atoms. The summed E-state index contributed by atoms with van der Waals surface area (Å²) < 4.78 is 5.11. The number of nitrogens with one attached hydrogen (secondary N) is 1. The quantitative estimate of drug-likeness (QED) is 0.792. The van der Waals surface area contributed by atoms with Crippen LogP contribution in [0.3, 0.4) is 0 Å². The first-order chi connectivity index (χ1) is 8.20. The van der Waals surface area contributed by atoms with Crippen LogP contribution in [0.15, 0.2) is 42.5 Å². The van der Waals surface area contributed by atoms with Gasteiger partial charge in [-0.2, -0.15) is 0 Å². The summed E-state index contributed by atoms with van der Waals surface area (Å²) in [5.41, 5.74) is 9.77. The molecule has 0 spiro atoms. The Labute approximate surface area is 101 Å². The molecule has 2 rings (SSSR count). The highest BCUT2D eigenvalue weighted by molar-refractivity contribution is 5.75. The molecule has 3 nitrogen and oxygen atoms in total. The Morgan fingerprint density at radius 3 is 2.41 bits per heavy atom. The molecule has 2 aromatic rings. The summed E-state index contributed by atoms with van der Waals surface area (Å²) >= 11 is 0. The molecule has 0 saturated heterocycles. The van der Waals surface area contributed by atoms with Gasteiger partial charge in [0.2, 0.25) is 0 Å². The van der Waals surface area contributed by atoms with Crippen LogP contribution in [0.25, 0.3) is 0 Å². The maximum atomic E-state index is 6.00. The lowest BCUT2D eigenvalue weighted by Gasteiger charge is -2.11. The Hall–Kier alpha value is -2.16. The first kappa shape index (κ1) is 11.3. The summed E-state index contributed by atoms with van der Waals surface area (Å²) in [5.74, 6) is 0.841. The molecule has 3 N–H and O–H groups in total. The fraction of sp³-hybridized carbons (Fsp3) is 0.143. The van der Waals surface area contributed by atoms with Crippen LogP contribution in [0.5, 0.6) is 5.75 Å². The Kier molecular flexibility index (Phi) is 3.19. The molecule has 0 fully saturated rings. The van der Waals surface area contributed by atoms with Crippen molar-refractivity contribution in [2.45, 2.75) is 6.92 Å². The smallest absolute Gasteiger partial charge is 0.119 e. The molecule has 3 heteroatoms. The van der Waals surface area contributed by atoms with Crippen LogP contribution in [0.4, 0.5) is 17.1 Å². The lowest BCUT2D eigenvalue weighted by atomic mass is 10.1. The van der Waals surface area contributed by atoms with Gasteiger partial charge < -0.3 is 15.8 Å². The minimum atomic E-state index is 0.781. The summed E-state index contributed by atoms with van der Waals surface area (Å²) in [4.78, 5) is 0. The lowest BCUT2D eigenvalue weighted by molar-refractivity contribution is 0.415. The highest BCUT2D eigenvalue weighted by Gasteiger charge is 2.01. The van der Waals surface area contributed by atoms with E-state index in [9.17, 15) is 0 Å². The molecular weight excluding hydrogens is 212 g/mol. The van der Waals surface area contributed by atoms with Crippen LogP contribution in [0.2, 0.25) is 0 Å². The van der Waals surface area contributed by atoms with Gasteiger partial charge in [0, 0.05) is 5.69 Å². The third kappa shape index (κ3) is 2.50. The Balaban J connectivity index is 2.22. The van der Waals surface area contributed by atoms with E-state index in [2.05, 4.69) is 5.32 Å². The molecule has 0 atom stereocenters. The van der Waals surface area contributed by atoms with Gasteiger partial charge in [-0.15, -0.1) is 0 Å². The number of anilines is 3. The first-order valence-corrected chi connectivity index (χ1v) is 5.47. The number of methoxy groups -OCH3 is 1. The van der Waals surface area contributed by atoms with Crippen molar-refractivity contribution < 1.29 is 4.74 Å². The van der Waals surface area contributed by atoms with E-state index in [4.69, 9.17) is 10.5 Å². The summed E-state index contributed by atoms with van der Waals surface area (Å²) in [7, 11) is 1.65. The van der Waals surface area contributed by atoms with Gasteiger partial charge in [0.15, 0.2) is 0 Å². The highest BCUT2D eigenvalue weighted by atomic mass is 16.5. The van der Waals surface area contributed by atoms with Gasteiger partial charge in [-0.05, 0) is 42.8 Å². The van der Waals surface area contributed by atoms with E-state index in [0.717, 1.165) is 28.4 Å². The largest absolute Gasteiger partial charge is 0.497 e. The zero-order valence-corrected chi connectivity index (χ0v) is 10.0. The average molecular weight is 228 g/mol. The number of ether oxygens (including phenoxy) is 1. The van der Waals surface area contributed by atoms with Crippen LogP contribution in [-0.4, -0.2) is 7.11 Å². The van der Waals surface area contributed by atoms with E-state index >= 15 is 0 Å². The molecule has 0 aliphatic rings. The molecule has 0 saturated carbocycles. The zero-order valence-electron chi connectivity index (χ0n) is 10.0. The number of para-hydroxylation sites is 1. The summed E-state index contributed by atoms with van der Waals surface area (Å²) in [6, 6.07) is 13.7. The molecule has 2 aromatic carbocycles. The van der Waals surface area contributed by atoms with Crippen molar-refractivity contribution in [1.29, 1.82) is 0 Å². The third-order valence-corrected chi connectivity index (χ3v) is 2.69. The number of hydrogen-bond donors (Lipinski definition) is 2. The molecular formula is C14H16N2O. The molecule has 0 aliphatic heterocycles. The minimum Gasteiger partial charge on any atom is -0.497 e. The standard InChI is InChI=1S/C14H16N2O/c1-10-4-3-5-13(14(10)15)16-11-6-8-12(17-2)9-7-11/h3-9,16H,15H2,1-2H3. The molecule has 88 valence electrons. The van der Waals surface area contributed by atoms with E-state index in [1.807, 2.05) is 49.4 Å². The maximum absolute atomic E-state index is 6.00. The lowest BCUT2D eigenvalue weighted by Crippen LogP contribution is -1.98. The fourth-order valence-electron chi connectivity index (χ4n) is 1.62. The van der Waals surface area contributed by atoms with Gasteiger partial charge in [-0.25, -0.2) is 0 Å². The Morgan fingerprint density at radius 2 is 1.76 bits per heavy atom. The first-order valence-electron chi connectivity index (χ1n) is 5.47. The van der Waals surface area contributed by atoms with E-state index in [-0.39, 0.29) is 0 Å². The van der Waals surface area contributed by atoms with Gasteiger partial charge in [-0.3, -0.25) is 0 Å². The van der Waals surface area contributed by atoms with Crippen molar-refractivity contribution in [3.05, 3.63) is 48.0 Å². The van der Waals surface area contributed by atoms with Crippen LogP contribution >= 0.6 is 0 Å². The van der Waals surface area contributed by atoms with Crippen molar-refractivity contribution in [3.8, 4) is 5.75 Å². The molecule has 0 amide bonds. The zero-order chi connectivity index (χ0) is 12.3. The van der Waals surface area contributed by atoms with Crippen LogP contribution < -0.4 is 15.8 Å². The number of rotatable bonds is 3. The normalized spacial score (nSPS) is 10.0. The Morgan fingerprint density at radius 1 is 1.06 bits per heavy atom. The number of benzene rings is 2. The SMILES string of the molecule is COc1ccc(Nc2cccc(C)c2N)cc1. The van der Waals surface area contributed by atoms with Gasteiger partial charge >= 0.3 is 0 Å². The molecule has 0 unspecified atom stereocenters. The number of nitrogens with two attached hydrogens (primary N) is 1. The molecule has 17 heavy (non-hydrogen) atoms. The maximum Gasteiger partial charge on any atom is 0.119 e. The van der Waals surface area contributed by atoms with Gasteiger partial charge in [0.05, 0.1) is 18.5 Å². The second-order valence-electron chi connectivity index (χ2n) is 3.89. The van der Waals surface area contributed by atoms with Crippen LogP contribution in [0.1, 0.15) is 5.56 Å². The van der Waals surface area contributed by atoms with Crippen LogP contribution in [0, 0.1) is 6.92 Å². The highest BCUT2D eigenvalue weighted by Crippen LogP contribution is 2.26. The van der Waals surface area contributed by atoms with E-state index in [1.54, 1.807) is 7.11 Å². The monoisotopic (exact) mass is 228 g/mol. The molecule has 0 aromatic heterocycles. The number of aryl methyl sites for hydroxylation is 1. The second kappa shape index (κ2) is 4.78. The molecule has 0 aliphatic carbocycles. The predicted octanol–water partition coefficient (Wildman–Crippen LogP) is 3.33. The third-order valence-electron chi connectivity index (χ3n) is 2.69. The predicted molar refractivity (Wildman–Crippen MR) is 71.9 cm³/mol. The summed E-state index contributed by atoms with van der Waals surface area (Å²) in [5, 5.41) is 3.28. The van der Waals surface area contributed by atoms with Crippen molar-refractivity contribution >= 4 is 17.1 Å². The second-order valence-corrected chi connectivity index (χ2v) is 3.89. The molecule has 0 radical (unpaired) electrons.